The second-order valence-corrected chi connectivity index (χ2v) is 5.14. The first kappa shape index (κ1) is 12.2. The third-order valence-corrected chi connectivity index (χ3v) is 3.73. The van der Waals surface area contributed by atoms with E-state index in [1.54, 1.807) is 0 Å². The van der Waals surface area contributed by atoms with Crippen LogP contribution < -0.4 is 0 Å². The Kier molecular flexibility index (Phi) is 3.20. The molecule has 1 heterocycles. The van der Waals surface area contributed by atoms with Crippen LogP contribution in [0.5, 0.6) is 0 Å². The Hall–Kier alpha value is -1.90. The van der Waals surface area contributed by atoms with Crippen LogP contribution in [0.4, 0.5) is 0 Å². The molecule has 0 fully saturated rings. The van der Waals surface area contributed by atoms with Crippen molar-refractivity contribution in [2.75, 3.05) is 0 Å². The number of nitrogens with zero attached hydrogens (tertiary/aromatic N) is 2. The average molecular weight is 254 g/mol. The molecule has 1 aromatic carbocycles. The lowest BCUT2D eigenvalue weighted by Crippen LogP contribution is -1.96. The average Bonchev–Trinajstić information content (AvgIpc) is 3.04. The van der Waals surface area contributed by atoms with Gasteiger partial charge in [-0.3, -0.25) is 9.48 Å². The fourth-order valence-corrected chi connectivity index (χ4v) is 2.59. The van der Waals surface area contributed by atoms with Crippen LogP contribution in [0.15, 0.2) is 30.6 Å². The van der Waals surface area contributed by atoms with Gasteiger partial charge in [0.2, 0.25) is 0 Å². The molecule has 0 unspecified atom stereocenters. The van der Waals surface area contributed by atoms with Gasteiger partial charge in [0.1, 0.15) is 0 Å². The Balaban J connectivity index is 1.86. The highest BCUT2D eigenvalue weighted by molar-refractivity contribution is 6.00. The summed E-state index contributed by atoms with van der Waals surface area (Å²) in [6, 6.07) is 6.13. The van der Waals surface area contributed by atoms with Crippen molar-refractivity contribution in [2.45, 2.75) is 39.2 Å². The quantitative estimate of drug-likeness (QED) is 0.837. The summed E-state index contributed by atoms with van der Waals surface area (Å²) in [5, 5.41) is 4.39. The van der Waals surface area contributed by atoms with Crippen LogP contribution in [0, 0.1) is 0 Å². The number of hydrogen-bond acceptors (Lipinski definition) is 2. The van der Waals surface area contributed by atoms with Crippen LogP contribution in [-0.2, 0) is 13.0 Å². The van der Waals surface area contributed by atoms with Gasteiger partial charge in [-0.05, 0) is 24.0 Å². The maximum Gasteiger partial charge on any atom is 0.163 e. The highest BCUT2D eigenvalue weighted by Gasteiger charge is 2.19. The van der Waals surface area contributed by atoms with Gasteiger partial charge in [-0.1, -0.05) is 31.5 Å². The molecule has 0 amide bonds. The second-order valence-electron chi connectivity index (χ2n) is 5.14. The third-order valence-electron chi connectivity index (χ3n) is 3.73. The van der Waals surface area contributed by atoms with Crippen molar-refractivity contribution >= 4 is 5.78 Å². The predicted molar refractivity (Wildman–Crippen MR) is 75.2 cm³/mol. The highest BCUT2D eigenvalue weighted by Crippen LogP contribution is 2.27. The van der Waals surface area contributed by atoms with E-state index in [1.807, 2.05) is 23.0 Å². The SMILES string of the molecule is CCCCn1cc(-c2ccc3c(c2)CCC3=O)cn1. The van der Waals surface area contributed by atoms with Crippen molar-refractivity contribution in [1.82, 2.24) is 9.78 Å². The summed E-state index contributed by atoms with van der Waals surface area (Å²) >= 11 is 0. The van der Waals surface area contributed by atoms with E-state index in [0.717, 1.165) is 36.1 Å². The molecular formula is C16H18N2O. The van der Waals surface area contributed by atoms with Gasteiger partial charge in [-0.15, -0.1) is 0 Å². The van der Waals surface area contributed by atoms with Crippen molar-refractivity contribution in [3.05, 3.63) is 41.7 Å². The van der Waals surface area contributed by atoms with Crippen molar-refractivity contribution < 1.29 is 4.79 Å². The number of rotatable bonds is 4. The van der Waals surface area contributed by atoms with Gasteiger partial charge in [-0.25, -0.2) is 0 Å². The maximum atomic E-state index is 11.6. The van der Waals surface area contributed by atoms with Crippen LogP contribution in [0.2, 0.25) is 0 Å². The summed E-state index contributed by atoms with van der Waals surface area (Å²) in [7, 11) is 0. The van der Waals surface area contributed by atoms with Gasteiger partial charge in [-0.2, -0.15) is 5.10 Å². The van der Waals surface area contributed by atoms with Gasteiger partial charge in [0.25, 0.3) is 0 Å². The minimum Gasteiger partial charge on any atom is -0.294 e. The number of aromatic nitrogens is 2. The zero-order valence-corrected chi connectivity index (χ0v) is 11.2. The number of benzene rings is 1. The molecule has 0 atom stereocenters. The van der Waals surface area contributed by atoms with E-state index in [1.165, 1.54) is 12.0 Å². The third kappa shape index (κ3) is 2.33. The van der Waals surface area contributed by atoms with E-state index < -0.39 is 0 Å². The molecule has 98 valence electrons. The Bertz CT molecular complexity index is 613. The molecule has 1 aliphatic rings. The van der Waals surface area contributed by atoms with Crippen molar-refractivity contribution in [3.8, 4) is 11.1 Å². The molecule has 1 aromatic heterocycles. The first-order valence-corrected chi connectivity index (χ1v) is 6.97. The van der Waals surface area contributed by atoms with Crippen LogP contribution in [0.25, 0.3) is 11.1 Å². The number of unbranched alkanes of at least 4 members (excludes halogenated alkanes) is 1. The number of hydrogen-bond donors (Lipinski definition) is 0. The zero-order chi connectivity index (χ0) is 13.2. The number of carbonyl (C=O) groups is 1. The topological polar surface area (TPSA) is 34.9 Å². The van der Waals surface area contributed by atoms with Gasteiger partial charge in [0.15, 0.2) is 5.78 Å². The van der Waals surface area contributed by atoms with Crippen molar-refractivity contribution in [3.63, 3.8) is 0 Å². The summed E-state index contributed by atoms with van der Waals surface area (Å²) in [4.78, 5) is 11.6. The summed E-state index contributed by atoms with van der Waals surface area (Å²) < 4.78 is 2.00. The largest absolute Gasteiger partial charge is 0.294 e. The molecule has 3 nitrogen and oxygen atoms in total. The predicted octanol–water partition coefficient (Wildman–Crippen LogP) is 3.48. The molecule has 0 N–H and O–H groups in total. The molecule has 0 radical (unpaired) electrons. The smallest absolute Gasteiger partial charge is 0.163 e. The fraction of sp³-hybridized carbons (Fsp3) is 0.375. The summed E-state index contributed by atoms with van der Waals surface area (Å²) in [5.74, 6) is 0.278. The monoisotopic (exact) mass is 254 g/mol. The molecule has 3 rings (SSSR count). The number of ketones is 1. The molecule has 0 spiro atoms. The standard InChI is InChI=1S/C16H18N2O/c1-2-3-8-18-11-14(10-17-18)12-4-6-15-13(9-12)5-7-16(15)19/h4,6,9-11H,2-3,5,7-8H2,1H3. The molecule has 3 heteroatoms. The van der Waals surface area contributed by atoms with Crippen LogP contribution in [-0.4, -0.2) is 15.6 Å². The molecule has 0 saturated carbocycles. The lowest BCUT2D eigenvalue weighted by atomic mass is 10.0. The Labute approximate surface area is 113 Å². The minimum absolute atomic E-state index is 0.278. The van der Waals surface area contributed by atoms with E-state index in [9.17, 15) is 4.79 Å². The number of Topliss-reactive ketones (excluding diaryl/α,β-unsaturated/α-hetero) is 1. The Morgan fingerprint density at radius 2 is 2.16 bits per heavy atom. The molecular weight excluding hydrogens is 236 g/mol. The molecule has 19 heavy (non-hydrogen) atoms. The summed E-state index contributed by atoms with van der Waals surface area (Å²) in [6.45, 7) is 3.15. The molecule has 0 aliphatic heterocycles. The van der Waals surface area contributed by atoms with E-state index >= 15 is 0 Å². The minimum atomic E-state index is 0.278. The van der Waals surface area contributed by atoms with Crippen molar-refractivity contribution in [2.24, 2.45) is 0 Å². The van der Waals surface area contributed by atoms with E-state index in [4.69, 9.17) is 0 Å². The van der Waals surface area contributed by atoms with Crippen LogP contribution >= 0.6 is 0 Å². The number of aryl methyl sites for hydroxylation is 2. The van der Waals surface area contributed by atoms with E-state index in [2.05, 4.69) is 24.3 Å². The molecule has 0 saturated heterocycles. The van der Waals surface area contributed by atoms with Gasteiger partial charge in [0, 0.05) is 30.3 Å². The first-order chi connectivity index (χ1) is 9.28. The lowest BCUT2D eigenvalue weighted by Gasteiger charge is -2.02. The second kappa shape index (κ2) is 5.00. The van der Waals surface area contributed by atoms with Crippen LogP contribution in [0.3, 0.4) is 0 Å². The van der Waals surface area contributed by atoms with E-state index in [-0.39, 0.29) is 5.78 Å². The highest BCUT2D eigenvalue weighted by atomic mass is 16.1. The number of carbonyl (C=O) groups excluding carboxylic acids is 1. The first-order valence-electron chi connectivity index (χ1n) is 6.97. The fourth-order valence-electron chi connectivity index (χ4n) is 2.59. The molecule has 2 aromatic rings. The van der Waals surface area contributed by atoms with Crippen molar-refractivity contribution in [1.29, 1.82) is 0 Å². The number of fused-ring (bicyclic) bond motifs is 1. The van der Waals surface area contributed by atoms with Gasteiger partial charge in [0.05, 0.1) is 6.20 Å². The molecule has 1 aliphatic carbocycles. The Morgan fingerprint density at radius 3 is 3.00 bits per heavy atom. The summed E-state index contributed by atoms with van der Waals surface area (Å²) in [6.07, 6.45) is 7.87. The van der Waals surface area contributed by atoms with E-state index in [0.29, 0.717) is 6.42 Å². The Morgan fingerprint density at radius 1 is 1.26 bits per heavy atom. The van der Waals surface area contributed by atoms with Gasteiger partial charge < -0.3 is 0 Å². The zero-order valence-electron chi connectivity index (χ0n) is 11.2. The molecule has 0 bridgehead atoms. The van der Waals surface area contributed by atoms with Crippen LogP contribution in [0.1, 0.15) is 42.1 Å². The maximum absolute atomic E-state index is 11.6. The normalized spacial score (nSPS) is 13.8. The van der Waals surface area contributed by atoms with Gasteiger partial charge >= 0.3 is 0 Å². The lowest BCUT2D eigenvalue weighted by molar-refractivity contribution is 0.0994. The summed E-state index contributed by atoms with van der Waals surface area (Å²) in [5.41, 5.74) is 4.39.